The van der Waals surface area contributed by atoms with E-state index in [-0.39, 0.29) is 11.5 Å². The fourth-order valence-electron chi connectivity index (χ4n) is 4.81. The highest BCUT2D eigenvalue weighted by atomic mass is 19.3. The van der Waals surface area contributed by atoms with Gasteiger partial charge in [-0.05, 0) is 67.7 Å². The van der Waals surface area contributed by atoms with Crippen LogP contribution in [0.5, 0.6) is 5.75 Å². The molecule has 0 aromatic heterocycles. The van der Waals surface area contributed by atoms with Crippen molar-refractivity contribution in [2.24, 2.45) is 17.8 Å². The van der Waals surface area contributed by atoms with E-state index in [1.165, 1.54) is 0 Å². The normalized spacial score (nSPS) is 22.3. The third-order valence-corrected chi connectivity index (χ3v) is 6.98. The van der Waals surface area contributed by atoms with E-state index in [0.717, 1.165) is 25.8 Å². The molecule has 9 heteroatoms. The van der Waals surface area contributed by atoms with Crippen LogP contribution >= 0.6 is 0 Å². The zero-order valence-electron chi connectivity index (χ0n) is 20.0. The monoisotopic (exact) mass is 528 g/mol. The summed E-state index contributed by atoms with van der Waals surface area (Å²) in [5, 5.41) is 0. The van der Waals surface area contributed by atoms with E-state index in [1.54, 1.807) is 0 Å². The molecule has 0 spiro atoms. The molecule has 0 N–H and O–H groups in total. The molecule has 3 unspecified atom stereocenters. The van der Waals surface area contributed by atoms with Crippen LogP contribution in [0.3, 0.4) is 0 Å². The second-order valence-electron chi connectivity index (χ2n) is 9.40. The maximum absolute atomic E-state index is 14.8. The number of rotatable bonds is 6. The van der Waals surface area contributed by atoms with Gasteiger partial charge in [0.1, 0.15) is 46.2 Å². The molecular weight excluding hydrogens is 504 g/mol. The molecule has 3 atom stereocenters. The molecule has 198 valence electrons. The Morgan fingerprint density at radius 2 is 1.46 bits per heavy atom. The molecule has 0 amide bonds. The van der Waals surface area contributed by atoms with Gasteiger partial charge in [-0.1, -0.05) is 19.1 Å². The Hall–Kier alpha value is -3.10. The van der Waals surface area contributed by atoms with Gasteiger partial charge in [-0.25, -0.2) is 26.3 Å². The lowest BCUT2D eigenvalue weighted by atomic mass is 9.76. The van der Waals surface area contributed by atoms with Crippen LogP contribution in [-0.2, 0) is 0 Å². The van der Waals surface area contributed by atoms with Crippen LogP contribution in [-0.4, -0.2) is 6.11 Å². The summed E-state index contributed by atoms with van der Waals surface area (Å²) in [5.74, 6) is -9.51. The molecule has 4 rings (SSSR count). The van der Waals surface area contributed by atoms with Crippen molar-refractivity contribution in [1.29, 1.82) is 0 Å². The SMILES string of the molecule is CCC1C=CC(C2C=C(F)C(C(F)(F)Oc3cc(F)c(-c4cc(F)c(C)c(F)c4)c(F)c3)=C(F)C2)CC1. The lowest BCUT2D eigenvalue weighted by Gasteiger charge is -2.31. The number of allylic oxidation sites excluding steroid dienone is 4. The minimum atomic E-state index is -4.59. The van der Waals surface area contributed by atoms with Crippen LogP contribution in [0, 0.1) is 47.9 Å². The Morgan fingerprint density at radius 1 is 0.838 bits per heavy atom. The lowest BCUT2D eigenvalue weighted by Crippen LogP contribution is -2.31. The molecule has 2 aromatic rings. The van der Waals surface area contributed by atoms with Crippen molar-refractivity contribution in [1.82, 2.24) is 0 Å². The number of hydrogen-bond donors (Lipinski definition) is 0. The summed E-state index contributed by atoms with van der Waals surface area (Å²) in [6.45, 7) is 3.16. The van der Waals surface area contributed by atoms with Gasteiger partial charge in [-0.15, -0.1) is 0 Å². The van der Waals surface area contributed by atoms with E-state index >= 15 is 0 Å². The molecule has 0 bridgehead atoms. The second-order valence-corrected chi connectivity index (χ2v) is 9.40. The van der Waals surface area contributed by atoms with Crippen LogP contribution in [0.4, 0.5) is 35.1 Å². The average Bonchev–Trinajstić information content (AvgIpc) is 2.81. The van der Waals surface area contributed by atoms with Gasteiger partial charge >= 0.3 is 6.11 Å². The van der Waals surface area contributed by atoms with E-state index in [9.17, 15) is 35.1 Å². The summed E-state index contributed by atoms with van der Waals surface area (Å²) in [4.78, 5) is 0. The molecule has 0 saturated heterocycles. The Kier molecular flexibility index (Phi) is 7.53. The molecule has 0 saturated carbocycles. The highest BCUT2D eigenvalue weighted by Gasteiger charge is 2.46. The van der Waals surface area contributed by atoms with E-state index in [1.807, 2.05) is 19.1 Å². The van der Waals surface area contributed by atoms with E-state index in [2.05, 4.69) is 4.74 Å². The summed E-state index contributed by atoms with van der Waals surface area (Å²) in [7, 11) is 0. The fraction of sp³-hybridized carbons (Fsp3) is 0.357. The van der Waals surface area contributed by atoms with Gasteiger partial charge in [0, 0.05) is 24.1 Å². The maximum Gasteiger partial charge on any atom is 0.432 e. The van der Waals surface area contributed by atoms with Crippen molar-refractivity contribution in [2.75, 3.05) is 0 Å². The van der Waals surface area contributed by atoms with Gasteiger partial charge in [0.2, 0.25) is 0 Å². The Bertz CT molecular complexity index is 1250. The highest BCUT2D eigenvalue weighted by Crippen LogP contribution is 2.45. The number of ether oxygens (including phenoxy) is 1. The standard InChI is InChI=1S/C28H24F8O/c1-3-15-4-6-16(7-5-15)17-8-24(33)27(25(34)9-17)28(35,36)37-19-12-22(31)26(23(32)13-19)18-10-20(29)14(2)21(30)11-18/h4,6,8,10-13,15-17H,3,5,7,9H2,1-2H3. The first-order valence-electron chi connectivity index (χ1n) is 11.9. The summed E-state index contributed by atoms with van der Waals surface area (Å²) in [5.41, 5.74) is -3.38. The summed E-state index contributed by atoms with van der Waals surface area (Å²) < 4.78 is 121. The Labute approximate surface area is 209 Å². The predicted molar refractivity (Wildman–Crippen MR) is 123 cm³/mol. The first-order valence-corrected chi connectivity index (χ1v) is 11.9. The van der Waals surface area contributed by atoms with Crippen molar-refractivity contribution in [3.63, 3.8) is 0 Å². The minimum Gasteiger partial charge on any atom is -0.429 e. The first-order chi connectivity index (χ1) is 17.4. The van der Waals surface area contributed by atoms with E-state index in [0.29, 0.717) is 36.6 Å². The third kappa shape index (κ3) is 5.45. The molecule has 2 aliphatic carbocycles. The molecular formula is C28H24F8O. The van der Waals surface area contributed by atoms with Gasteiger partial charge in [0.05, 0.1) is 5.56 Å². The van der Waals surface area contributed by atoms with Crippen molar-refractivity contribution in [2.45, 2.75) is 45.6 Å². The molecule has 37 heavy (non-hydrogen) atoms. The van der Waals surface area contributed by atoms with Crippen molar-refractivity contribution < 1.29 is 39.9 Å². The maximum atomic E-state index is 14.8. The average molecular weight is 528 g/mol. The quantitative estimate of drug-likeness (QED) is 0.268. The van der Waals surface area contributed by atoms with Crippen molar-refractivity contribution >= 4 is 0 Å². The molecule has 0 fully saturated rings. The van der Waals surface area contributed by atoms with Crippen LogP contribution in [0.15, 0.2) is 59.7 Å². The predicted octanol–water partition coefficient (Wildman–Crippen LogP) is 9.28. The van der Waals surface area contributed by atoms with Crippen LogP contribution in [0.1, 0.15) is 38.2 Å². The third-order valence-electron chi connectivity index (χ3n) is 6.98. The van der Waals surface area contributed by atoms with Gasteiger partial charge in [0.15, 0.2) is 0 Å². The Morgan fingerprint density at radius 3 is 1.97 bits per heavy atom. The number of hydrogen-bond acceptors (Lipinski definition) is 1. The van der Waals surface area contributed by atoms with Crippen molar-refractivity contribution in [3.8, 4) is 16.9 Å². The van der Waals surface area contributed by atoms with E-state index in [4.69, 9.17) is 0 Å². The van der Waals surface area contributed by atoms with Crippen LogP contribution < -0.4 is 4.74 Å². The highest BCUT2D eigenvalue weighted by molar-refractivity contribution is 5.66. The number of benzene rings is 2. The molecule has 1 nitrogen and oxygen atoms in total. The first kappa shape index (κ1) is 26.9. The van der Waals surface area contributed by atoms with Crippen LogP contribution in [0.25, 0.3) is 11.1 Å². The van der Waals surface area contributed by atoms with Gasteiger partial charge in [0.25, 0.3) is 0 Å². The zero-order valence-corrected chi connectivity index (χ0v) is 20.0. The topological polar surface area (TPSA) is 9.23 Å². The van der Waals surface area contributed by atoms with E-state index < -0.39 is 75.8 Å². The smallest absolute Gasteiger partial charge is 0.429 e. The van der Waals surface area contributed by atoms with Gasteiger partial charge in [-0.2, -0.15) is 8.78 Å². The molecule has 2 aromatic carbocycles. The number of alkyl halides is 2. The van der Waals surface area contributed by atoms with Crippen molar-refractivity contribution in [3.05, 3.63) is 88.6 Å². The lowest BCUT2D eigenvalue weighted by molar-refractivity contribution is -0.143. The van der Waals surface area contributed by atoms with Gasteiger partial charge < -0.3 is 4.74 Å². The Balaban J connectivity index is 1.57. The zero-order chi connectivity index (χ0) is 27.1. The van der Waals surface area contributed by atoms with Crippen LogP contribution in [0.2, 0.25) is 0 Å². The summed E-state index contributed by atoms with van der Waals surface area (Å²) in [6, 6.07) is 2.09. The molecule has 0 heterocycles. The molecule has 2 aliphatic rings. The molecule has 0 aliphatic heterocycles. The fourth-order valence-corrected chi connectivity index (χ4v) is 4.81. The summed E-state index contributed by atoms with van der Waals surface area (Å²) >= 11 is 0. The largest absolute Gasteiger partial charge is 0.432 e. The minimum absolute atomic E-state index is 0.206. The summed E-state index contributed by atoms with van der Waals surface area (Å²) in [6.07, 6.45) is 2.13. The second kappa shape index (κ2) is 10.3. The molecule has 0 radical (unpaired) electrons. The number of halogens is 8. The van der Waals surface area contributed by atoms with Gasteiger partial charge in [-0.3, -0.25) is 0 Å².